The summed E-state index contributed by atoms with van der Waals surface area (Å²) in [6, 6.07) is 0. The molecule has 0 saturated heterocycles. The molecule has 0 radical (unpaired) electrons. The van der Waals surface area contributed by atoms with Gasteiger partial charge in [0.15, 0.2) is 0 Å². The van der Waals surface area contributed by atoms with Gasteiger partial charge >= 0.3 is 0 Å². The predicted octanol–water partition coefficient (Wildman–Crippen LogP) is 3.54. The van der Waals surface area contributed by atoms with E-state index in [4.69, 9.17) is 0 Å². The highest BCUT2D eigenvalue weighted by Gasteiger charge is 2.43. The fourth-order valence-corrected chi connectivity index (χ4v) is 5.88. The number of hydrogen-bond acceptors (Lipinski definition) is 2. The summed E-state index contributed by atoms with van der Waals surface area (Å²) in [4.78, 5) is 0.645. The van der Waals surface area contributed by atoms with Crippen molar-refractivity contribution in [2.45, 2.75) is 61.9 Å². The van der Waals surface area contributed by atoms with E-state index in [2.05, 4.69) is 22.9 Å². The molecule has 4 unspecified atom stereocenters. The molecule has 0 aromatic carbocycles. The van der Waals surface area contributed by atoms with Gasteiger partial charge in [-0.3, -0.25) is 0 Å². The third kappa shape index (κ3) is 3.06. The molecule has 0 spiro atoms. The lowest BCUT2D eigenvalue weighted by molar-refractivity contribution is 0.146. The molecule has 0 heterocycles. The molecule has 17 heavy (non-hydrogen) atoms. The first-order chi connectivity index (χ1) is 7.81. The minimum Gasteiger partial charge on any atom is -0.229 e. The quantitative estimate of drug-likeness (QED) is 0.729. The summed E-state index contributed by atoms with van der Waals surface area (Å²) < 4.78 is 23.4. The molecular formula is C13H23BrO2S. The Hall–Kier alpha value is 0.430. The van der Waals surface area contributed by atoms with E-state index >= 15 is 0 Å². The van der Waals surface area contributed by atoms with E-state index < -0.39 is 9.84 Å². The van der Waals surface area contributed by atoms with Crippen LogP contribution >= 0.6 is 15.9 Å². The first-order valence-electron chi connectivity index (χ1n) is 6.64. The van der Waals surface area contributed by atoms with Crippen LogP contribution in [0.5, 0.6) is 0 Å². The van der Waals surface area contributed by atoms with Crippen LogP contribution in [-0.2, 0) is 9.84 Å². The molecule has 100 valence electrons. The van der Waals surface area contributed by atoms with Gasteiger partial charge in [0.25, 0.3) is 0 Å². The largest absolute Gasteiger partial charge is 0.229 e. The monoisotopic (exact) mass is 322 g/mol. The van der Waals surface area contributed by atoms with Crippen LogP contribution in [0.3, 0.4) is 0 Å². The summed E-state index contributed by atoms with van der Waals surface area (Å²) in [5.74, 6) is 0.610. The summed E-state index contributed by atoms with van der Waals surface area (Å²) in [6.07, 6.45) is 9.21. The third-order valence-electron chi connectivity index (χ3n) is 4.93. The molecule has 4 atom stereocenters. The van der Waals surface area contributed by atoms with Crippen LogP contribution in [0.2, 0.25) is 0 Å². The smallest absolute Gasteiger partial charge is 0.150 e. The van der Waals surface area contributed by atoms with Crippen LogP contribution in [0, 0.1) is 11.3 Å². The Morgan fingerprint density at radius 3 is 2.47 bits per heavy atom. The minimum absolute atomic E-state index is 0.0764. The molecule has 2 saturated carbocycles. The standard InChI is InChI=1S/C13H23BrO2S/c1-13(7-6-11(14)9-13)10-4-3-5-12(8-10)17(2,15)16/h10-12H,3-9H2,1-2H3. The van der Waals surface area contributed by atoms with Gasteiger partial charge in [-0.2, -0.15) is 0 Å². The fraction of sp³-hybridized carbons (Fsp3) is 1.00. The zero-order chi connectivity index (χ0) is 12.7. The van der Waals surface area contributed by atoms with E-state index in [9.17, 15) is 8.42 Å². The molecule has 2 aliphatic carbocycles. The van der Waals surface area contributed by atoms with Gasteiger partial charge in [-0.1, -0.05) is 29.3 Å². The SMILES string of the molecule is CC1(C2CCCC(S(C)(=O)=O)C2)CCC(Br)C1. The number of sulfone groups is 1. The van der Waals surface area contributed by atoms with Crippen LogP contribution < -0.4 is 0 Å². The first-order valence-corrected chi connectivity index (χ1v) is 9.51. The Labute approximate surface area is 114 Å². The molecule has 4 heteroatoms. The van der Waals surface area contributed by atoms with E-state index in [1.165, 1.54) is 31.9 Å². The highest BCUT2D eigenvalue weighted by molar-refractivity contribution is 9.09. The van der Waals surface area contributed by atoms with Crippen molar-refractivity contribution < 1.29 is 8.42 Å². The Morgan fingerprint density at radius 2 is 1.94 bits per heavy atom. The van der Waals surface area contributed by atoms with E-state index in [1.807, 2.05) is 0 Å². The average Bonchev–Trinajstić information content (AvgIpc) is 2.59. The average molecular weight is 323 g/mol. The summed E-state index contributed by atoms with van der Waals surface area (Å²) >= 11 is 3.72. The Bertz CT molecular complexity index is 379. The van der Waals surface area contributed by atoms with Gasteiger partial charge in [0.1, 0.15) is 9.84 Å². The maximum Gasteiger partial charge on any atom is 0.150 e. The van der Waals surface area contributed by atoms with Crippen molar-refractivity contribution in [2.24, 2.45) is 11.3 Å². The summed E-state index contributed by atoms with van der Waals surface area (Å²) in [6.45, 7) is 2.36. The molecule has 0 aliphatic heterocycles. The maximum absolute atomic E-state index is 11.7. The van der Waals surface area contributed by atoms with E-state index in [-0.39, 0.29) is 5.25 Å². The van der Waals surface area contributed by atoms with Crippen molar-refractivity contribution in [3.8, 4) is 0 Å². The minimum atomic E-state index is -2.84. The molecule has 2 aliphatic rings. The van der Waals surface area contributed by atoms with Gasteiger partial charge < -0.3 is 0 Å². The Balaban J connectivity index is 2.07. The number of hydrogen-bond donors (Lipinski definition) is 0. The summed E-state index contributed by atoms with van der Waals surface area (Å²) in [5, 5.41) is -0.0764. The zero-order valence-corrected chi connectivity index (χ0v) is 13.2. The van der Waals surface area contributed by atoms with Crippen LogP contribution in [0.1, 0.15) is 51.9 Å². The second-order valence-electron chi connectivity index (χ2n) is 6.31. The third-order valence-corrected chi connectivity index (χ3v) is 7.35. The van der Waals surface area contributed by atoms with E-state index in [0.717, 1.165) is 19.3 Å². The lowest BCUT2D eigenvalue weighted by Gasteiger charge is -2.39. The van der Waals surface area contributed by atoms with Gasteiger partial charge in [0.05, 0.1) is 5.25 Å². The molecule has 0 amide bonds. The lowest BCUT2D eigenvalue weighted by Crippen LogP contribution is -2.35. The van der Waals surface area contributed by atoms with Crippen LogP contribution in [0.25, 0.3) is 0 Å². The van der Waals surface area contributed by atoms with Crippen molar-refractivity contribution in [2.75, 3.05) is 6.26 Å². The van der Waals surface area contributed by atoms with Gasteiger partial charge in [-0.15, -0.1) is 0 Å². The predicted molar refractivity (Wildman–Crippen MR) is 75.3 cm³/mol. The van der Waals surface area contributed by atoms with E-state index in [0.29, 0.717) is 16.2 Å². The molecule has 0 bridgehead atoms. The fourth-order valence-electron chi connectivity index (χ4n) is 3.73. The van der Waals surface area contributed by atoms with Gasteiger partial charge in [0, 0.05) is 11.1 Å². The van der Waals surface area contributed by atoms with E-state index in [1.54, 1.807) is 0 Å². The van der Waals surface area contributed by atoms with Crippen LogP contribution in [0.15, 0.2) is 0 Å². The number of halogens is 1. The zero-order valence-electron chi connectivity index (χ0n) is 10.8. The molecule has 0 N–H and O–H groups in total. The molecule has 0 aromatic rings. The first kappa shape index (κ1) is 13.9. The molecule has 2 rings (SSSR count). The summed E-state index contributed by atoms with van der Waals surface area (Å²) in [7, 11) is -2.84. The van der Waals surface area contributed by atoms with Crippen molar-refractivity contribution in [3.05, 3.63) is 0 Å². The van der Waals surface area contributed by atoms with Gasteiger partial charge in [-0.05, 0) is 49.9 Å². The Kier molecular flexibility index (Phi) is 3.94. The highest BCUT2D eigenvalue weighted by Crippen LogP contribution is 2.51. The maximum atomic E-state index is 11.7. The molecule has 0 aromatic heterocycles. The van der Waals surface area contributed by atoms with Crippen LogP contribution in [0.4, 0.5) is 0 Å². The summed E-state index contributed by atoms with van der Waals surface area (Å²) in [5.41, 5.74) is 0.373. The van der Waals surface area contributed by atoms with Crippen molar-refractivity contribution >= 4 is 25.8 Å². The van der Waals surface area contributed by atoms with Crippen molar-refractivity contribution in [1.29, 1.82) is 0 Å². The second-order valence-corrected chi connectivity index (χ2v) is 9.93. The highest BCUT2D eigenvalue weighted by atomic mass is 79.9. The second kappa shape index (κ2) is 4.84. The molecular weight excluding hydrogens is 300 g/mol. The van der Waals surface area contributed by atoms with Crippen molar-refractivity contribution in [3.63, 3.8) is 0 Å². The molecule has 2 nitrogen and oxygen atoms in total. The lowest BCUT2D eigenvalue weighted by atomic mass is 9.69. The van der Waals surface area contributed by atoms with Gasteiger partial charge in [0.2, 0.25) is 0 Å². The van der Waals surface area contributed by atoms with Gasteiger partial charge in [-0.25, -0.2) is 8.42 Å². The van der Waals surface area contributed by atoms with Crippen molar-refractivity contribution in [1.82, 2.24) is 0 Å². The topological polar surface area (TPSA) is 34.1 Å². The number of alkyl halides is 1. The normalized spacial score (nSPS) is 43.8. The Morgan fingerprint density at radius 1 is 1.24 bits per heavy atom. The molecule has 2 fully saturated rings. The van der Waals surface area contributed by atoms with Crippen LogP contribution in [-0.4, -0.2) is 24.8 Å². The number of rotatable bonds is 2.